The quantitative estimate of drug-likeness (QED) is 0.652. The van der Waals surface area contributed by atoms with Gasteiger partial charge in [0.15, 0.2) is 5.82 Å². The molecule has 0 fully saturated rings. The Labute approximate surface area is 120 Å². The maximum Gasteiger partial charge on any atom is 0.404 e. The number of halogens is 1. The topological polar surface area (TPSA) is 90.1 Å². The van der Waals surface area contributed by atoms with E-state index in [1.54, 1.807) is 6.07 Å². The number of nitrogens with one attached hydrogen (secondary N) is 1. The van der Waals surface area contributed by atoms with Crippen molar-refractivity contribution in [3.63, 3.8) is 0 Å². The summed E-state index contributed by atoms with van der Waals surface area (Å²) in [7, 11) is 0. The van der Waals surface area contributed by atoms with Crippen LogP contribution in [0.5, 0.6) is 0 Å². The maximum absolute atomic E-state index is 10.4. The SMILES string of the molecule is NC(=O)OCCNc1cc(Cl)nc(-c2ccccc2)n1. The van der Waals surface area contributed by atoms with Crippen LogP contribution in [0.1, 0.15) is 0 Å². The van der Waals surface area contributed by atoms with Gasteiger partial charge in [-0.2, -0.15) is 0 Å². The molecular weight excluding hydrogens is 280 g/mol. The highest BCUT2D eigenvalue weighted by Crippen LogP contribution is 2.19. The number of rotatable bonds is 5. The van der Waals surface area contributed by atoms with E-state index in [0.29, 0.717) is 23.3 Å². The predicted octanol–water partition coefficient (Wildman–Crippen LogP) is 2.30. The van der Waals surface area contributed by atoms with Crippen molar-refractivity contribution >= 4 is 23.5 Å². The number of benzene rings is 1. The van der Waals surface area contributed by atoms with Gasteiger partial charge in [0.05, 0.1) is 6.54 Å². The lowest BCUT2D eigenvalue weighted by molar-refractivity contribution is 0.161. The minimum atomic E-state index is -0.808. The van der Waals surface area contributed by atoms with Crippen LogP contribution in [0.3, 0.4) is 0 Å². The van der Waals surface area contributed by atoms with Crippen LogP contribution in [0.25, 0.3) is 11.4 Å². The first-order valence-corrected chi connectivity index (χ1v) is 6.29. The molecule has 0 aliphatic rings. The van der Waals surface area contributed by atoms with Gasteiger partial charge in [0.25, 0.3) is 0 Å². The van der Waals surface area contributed by atoms with Crippen molar-refractivity contribution in [2.24, 2.45) is 5.73 Å². The van der Waals surface area contributed by atoms with Crippen LogP contribution in [-0.4, -0.2) is 29.2 Å². The van der Waals surface area contributed by atoms with E-state index in [2.05, 4.69) is 20.0 Å². The zero-order valence-corrected chi connectivity index (χ0v) is 11.3. The van der Waals surface area contributed by atoms with Gasteiger partial charge in [-0.3, -0.25) is 0 Å². The van der Waals surface area contributed by atoms with E-state index < -0.39 is 6.09 Å². The molecule has 1 aromatic carbocycles. The van der Waals surface area contributed by atoms with Crippen LogP contribution in [0.4, 0.5) is 10.6 Å². The Hall–Kier alpha value is -2.34. The first kappa shape index (κ1) is 14.1. The summed E-state index contributed by atoms with van der Waals surface area (Å²) in [5, 5.41) is 3.31. The molecule has 6 nitrogen and oxygen atoms in total. The fourth-order valence-corrected chi connectivity index (χ4v) is 1.74. The Balaban J connectivity index is 2.07. The van der Waals surface area contributed by atoms with Crippen LogP contribution >= 0.6 is 11.6 Å². The molecule has 0 unspecified atom stereocenters. The average molecular weight is 293 g/mol. The Morgan fingerprint density at radius 2 is 2.05 bits per heavy atom. The monoisotopic (exact) mass is 292 g/mol. The summed E-state index contributed by atoms with van der Waals surface area (Å²) >= 11 is 5.97. The van der Waals surface area contributed by atoms with Crippen LogP contribution < -0.4 is 11.1 Å². The Bertz CT molecular complexity index is 592. The minimum Gasteiger partial charge on any atom is -0.448 e. The molecule has 0 atom stereocenters. The maximum atomic E-state index is 10.4. The van der Waals surface area contributed by atoms with E-state index >= 15 is 0 Å². The van der Waals surface area contributed by atoms with Gasteiger partial charge in [-0.25, -0.2) is 14.8 Å². The highest BCUT2D eigenvalue weighted by molar-refractivity contribution is 6.29. The number of hydrogen-bond acceptors (Lipinski definition) is 5. The summed E-state index contributed by atoms with van der Waals surface area (Å²) < 4.78 is 4.61. The molecule has 3 N–H and O–H groups in total. The zero-order valence-electron chi connectivity index (χ0n) is 10.5. The Morgan fingerprint density at radius 3 is 2.75 bits per heavy atom. The smallest absolute Gasteiger partial charge is 0.404 e. The van der Waals surface area contributed by atoms with E-state index in [-0.39, 0.29) is 6.61 Å². The summed E-state index contributed by atoms with van der Waals surface area (Å²) in [5.74, 6) is 1.08. The predicted molar refractivity (Wildman–Crippen MR) is 76.5 cm³/mol. The number of anilines is 1. The highest BCUT2D eigenvalue weighted by atomic mass is 35.5. The molecule has 0 spiro atoms. The van der Waals surface area contributed by atoms with Crippen molar-refractivity contribution < 1.29 is 9.53 Å². The molecule has 0 saturated heterocycles. The highest BCUT2D eigenvalue weighted by Gasteiger charge is 2.05. The van der Waals surface area contributed by atoms with Crippen LogP contribution in [0, 0.1) is 0 Å². The van der Waals surface area contributed by atoms with E-state index in [0.717, 1.165) is 5.56 Å². The van der Waals surface area contributed by atoms with Gasteiger partial charge in [-0.15, -0.1) is 0 Å². The normalized spacial score (nSPS) is 10.1. The molecular formula is C13H13ClN4O2. The molecule has 1 amide bonds. The van der Waals surface area contributed by atoms with Gasteiger partial charge in [0, 0.05) is 11.6 Å². The molecule has 20 heavy (non-hydrogen) atoms. The molecule has 0 aliphatic heterocycles. The number of primary amides is 1. The summed E-state index contributed by atoms with van der Waals surface area (Å²) in [5.41, 5.74) is 5.73. The van der Waals surface area contributed by atoms with Crippen molar-refractivity contribution in [2.75, 3.05) is 18.5 Å². The Morgan fingerprint density at radius 1 is 1.30 bits per heavy atom. The van der Waals surface area contributed by atoms with E-state index in [9.17, 15) is 4.79 Å². The fraction of sp³-hybridized carbons (Fsp3) is 0.154. The van der Waals surface area contributed by atoms with Gasteiger partial charge in [-0.05, 0) is 0 Å². The third kappa shape index (κ3) is 4.10. The number of amides is 1. The first-order chi connectivity index (χ1) is 9.65. The molecule has 0 radical (unpaired) electrons. The van der Waals surface area contributed by atoms with Crippen molar-refractivity contribution in [1.29, 1.82) is 0 Å². The number of nitrogens with two attached hydrogens (primary N) is 1. The molecule has 0 bridgehead atoms. The number of nitrogens with zero attached hydrogens (tertiary/aromatic N) is 2. The molecule has 2 aromatic rings. The van der Waals surface area contributed by atoms with Crippen LogP contribution in [-0.2, 0) is 4.74 Å². The van der Waals surface area contributed by atoms with Crippen molar-refractivity contribution in [3.8, 4) is 11.4 Å². The second-order valence-electron chi connectivity index (χ2n) is 3.86. The van der Waals surface area contributed by atoms with E-state index in [1.807, 2.05) is 30.3 Å². The summed E-state index contributed by atoms with van der Waals surface area (Å²) in [6.45, 7) is 0.530. The second-order valence-corrected chi connectivity index (χ2v) is 4.25. The molecule has 1 aromatic heterocycles. The first-order valence-electron chi connectivity index (χ1n) is 5.91. The van der Waals surface area contributed by atoms with Crippen molar-refractivity contribution in [3.05, 3.63) is 41.6 Å². The molecule has 104 valence electrons. The molecule has 1 heterocycles. The largest absolute Gasteiger partial charge is 0.448 e. The second kappa shape index (κ2) is 6.72. The number of carbonyl (C=O) groups excluding carboxylic acids is 1. The van der Waals surface area contributed by atoms with Crippen LogP contribution in [0.2, 0.25) is 5.15 Å². The Kier molecular flexibility index (Phi) is 4.73. The third-order valence-electron chi connectivity index (χ3n) is 2.38. The average Bonchev–Trinajstić information content (AvgIpc) is 2.44. The van der Waals surface area contributed by atoms with Crippen LogP contribution in [0.15, 0.2) is 36.4 Å². The van der Waals surface area contributed by atoms with Gasteiger partial charge in [0.1, 0.15) is 17.6 Å². The summed E-state index contributed by atoms with van der Waals surface area (Å²) in [6.07, 6.45) is -0.808. The van der Waals surface area contributed by atoms with Crippen molar-refractivity contribution in [1.82, 2.24) is 9.97 Å². The zero-order chi connectivity index (χ0) is 14.4. The van der Waals surface area contributed by atoms with Gasteiger partial charge in [0.2, 0.25) is 0 Å². The lowest BCUT2D eigenvalue weighted by Gasteiger charge is -2.08. The lowest BCUT2D eigenvalue weighted by atomic mass is 10.2. The number of carbonyl (C=O) groups is 1. The fourth-order valence-electron chi connectivity index (χ4n) is 1.56. The number of hydrogen-bond donors (Lipinski definition) is 2. The van der Waals surface area contributed by atoms with Crippen molar-refractivity contribution in [2.45, 2.75) is 0 Å². The lowest BCUT2D eigenvalue weighted by Crippen LogP contribution is -2.18. The van der Waals surface area contributed by atoms with E-state index in [1.165, 1.54) is 0 Å². The molecule has 7 heteroatoms. The van der Waals surface area contributed by atoms with E-state index in [4.69, 9.17) is 17.3 Å². The molecule has 0 saturated carbocycles. The number of aromatic nitrogens is 2. The molecule has 2 rings (SSSR count). The summed E-state index contributed by atoms with van der Waals surface area (Å²) in [6, 6.07) is 11.1. The molecule has 0 aliphatic carbocycles. The summed E-state index contributed by atoms with van der Waals surface area (Å²) in [4.78, 5) is 18.9. The van der Waals surface area contributed by atoms with Gasteiger partial charge < -0.3 is 15.8 Å². The standard InChI is InChI=1S/C13H13ClN4O2/c14-10-8-11(16-6-7-20-13(15)19)18-12(17-10)9-4-2-1-3-5-9/h1-5,8H,6-7H2,(H2,15,19)(H,16,17,18). The van der Waals surface area contributed by atoms with Gasteiger partial charge >= 0.3 is 6.09 Å². The minimum absolute atomic E-state index is 0.150. The third-order valence-corrected chi connectivity index (χ3v) is 2.57. The van der Waals surface area contributed by atoms with Gasteiger partial charge in [-0.1, -0.05) is 41.9 Å². The number of ether oxygens (including phenoxy) is 1.